The lowest BCUT2D eigenvalue weighted by atomic mass is 10.2. The molecule has 0 aliphatic rings. The first-order chi connectivity index (χ1) is 14.5. The quantitative estimate of drug-likeness (QED) is 0.313. The van der Waals surface area contributed by atoms with Gasteiger partial charge in [0.15, 0.2) is 0 Å². The Morgan fingerprint density at radius 1 is 0.900 bits per heavy atom. The predicted molar refractivity (Wildman–Crippen MR) is 115 cm³/mol. The minimum Gasteiger partial charge on any atom is -0.492 e. The fourth-order valence-electron chi connectivity index (χ4n) is 3.10. The number of halogens is 3. The molecular formula is C23H17F3N2OS. The second-order valence-corrected chi connectivity index (χ2v) is 7.48. The number of ether oxygens (including phenoxy) is 1. The average molecular weight is 426 g/mol. The molecule has 7 heteroatoms. The highest BCUT2D eigenvalue weighted by atomic mass is 32.1. The Kier molecular flexibility index (Phi) is 5.46. The summed E-state index contributed by atoms with van der Waals surface area (Å²) in [6.45, 7) is 0. The lowest BCUT2D eigenvalue weighted by Crippen LogP contribution is -2.13. The van der Waals surface area contributed by atoms with Crippen LogP contribution in [0.25, 0.3) is 16.3 Å². The van der Waals surface area contributed by atoms with E-state index in [1.807, 2.05) is 78.9 Å². The van der Waals surface area contributed by atoms with E-state index in [4.69, 9.17) is 0 Å². The van der Waals surface area contributed by atoms with Gasteiger partial charge in [0.05, 0.1) is 17.3 Å². The number of hydrogen-bond donors (Lipinski definition) is 0. The van der Waals surface area contributed by atoms with E-state index in [0.29, 0.717) is 5.52 Å². The van der Waals surface area contributed by atoms with Crippen molar-refractivity contribution in [3.05, 3.63) is 89.6 Å². The van der Waals surface area contributed by atoms with Crippen LogP contribution in [0.4, 0.5) is 30.2 Å². The van der Waals surface area contributed by atoms with E-state index >= 15 is 0 Å². The van der Waals surface area contributed by atoms with Gasteiger partial charge in [-0.05, 0) is 42.5 Å². The number of allylic oxidation sites excluding steroid dienone is 1. The van der Waals surface area contributed by atoms with Crippen molar-refractivity contribution in [2.45, 2.75) is 6.18 Å². The molecule has 1 heterocycles. The van der Waals surface area contributed by atoms with Gasteiger partial charge in [-0.2, -0.15) is 13.2 Å². The summed E-state index contributed by atoms with van der Waals surface area (Å²) in [6, 6.07) is 25.4. The Bertz CT molecular complexity index is 1130. The van der Waals surface area contributed by atoms with E-state index in [1.54, 1.807) is 0 Å². The monoisotopic (exact) mass is 426 g/mol. The summed E-state index contributed by atoms with van der Waals surface area (Å²) >= 11 is 1.18. The number of alkyl halides is 3. The standard InChI is InChI=1S/C23H17F3N2OS/c1-29-21(23(24,25)26)15-22-27-19-14-18(12-13-20(19)30-22)28(16-8-4-2-5-9-16)17-10-6-3-7-11-17/h2-15H,1H3/b21-15-. The van der Waals surface area contributed by atoms with Gasteiger partial charge in [0.2, 0.25) is 5.76 Å². The van der Waals surface area contributed by atoms with Gasteiger partial charge in [0, 0.05) is 23.1 Å². The summed E-state index contributed by atoms with van der Waals surface area (Å²) in [5.74, 6) is -1.07. The molecule has 4 aromatic rings. The summed E-state index contributed by atoms with van der Waals surface area (Å²) in [7, 11) is 1.00. The van der Waals surface area contributed by atoms with E-state index in [2.05, 4.69) is 14.6 Å². The number of para-hydroxylation sites is 2. The second-order valence-electron chi connectivity index (χ2n) is 6.42. The zero-order valence-electron chi connectivity index (χ0n) is 15.9. The number of thiazole rings is 1. The van der Waals surface area contributed by atoms with Crippen LogP contribution in [-0.4, -0.2) is 18.3 Å². The van der Waals surface area contributed by atoms with Gasteiger partial charge >= 0.3 is 6.18 Å². The Labute approximate surface area is 175 Å². The van der Waals surface area contributed by atoms with Crippen molar-refractivity contribution in [1.82, 2.24) is 4.98 Å². The molecule has 3 nitrogen and oxygen atoms in total. The molecule has 1 aromatic heterocycles. The average Bonchev–Trinajstić information content (AvgIpc) is 3.15. The van der Waals surface area contributed by atoms with Crippen molar-refractivity contribution in [3.8, 4) is 0 Å². The molecule has 0 fully saturated rings. The van der Waals surface area contributed by atoms with Crippen LogP contribution in [0.15, 0.2) is 84.6 Å². The smallest absolute Gasteiger partial charge is 0.448 e. The molecular weight excluding hydrogens is 409 g/mol. The zero-order valence-corrected chi connectivity index (χ0v) is 16.7. The normalized spacial score (nSPS) is 12.2. The lowest BCUT2D eigenvalue weighted by Gasteiger charge is -2.25. The van der Waals surface area contributed by atoms with Gasteiger partial charge in [0.25, 0.3) is 0 Å². The molecule has 0 saturated heterocycles. The molecule has 0 unspecified atom stereocenters. The first-order valence-electron chi connectivity index (χ1n) is 9.09. The number of rotatable bonds is 5. The van der Waals surface area contributed by atoms with E-state index in [-0.39, 0.29) is 5.01 Å². The molecule has 0 spiro atoms. The van der Waals surface area contributed by atoms with Gasteiger partial charge in [-0.1, -0.05) is 36.4 Å². The first kappa shape index (κ1) is 20.0. The molecule has 0 bridgehead atoms. The van der Waals surface area contributed by atoms with Crippen molar-refractivity contribution in [2.24, 2.45) is 0 Å². The van der Waals surface area contributed by atoms with Crippen LogP contribution in [0.1, 0.15) is 5.01 Å². The van der Waals surface area contributed by atoms with Crippen LogP contribution < -0.4 is 4.90 Å². The highest BCUT2D eigenvalue weighted by Gasteiger charge is 2.35. The molecule has 152 valence electrons. The largest absolute Gasteiger partial charge is 0.492 e. The fraction of sp³-hybridized carbons (Fsp3) is 0.0870. The Morgan fingerprint density at radius 3 is 2.03 bits per heavy atom. The van der Waals surface area contributed by atoms with Gasteiger partial charge in [-0.3, -0.25) is 0 Å². The van der Waals surface area contributed by atoms with Gasteiger partial charge < -0.3 is 9.64 Å². The summed E-state index contributed by atoms with van der Waals surface area (Å²) in [5.41, 5.74) is 3.43. The van der Waals surface area contributed by atoms with Crippen LogP contribution in [-0.2, 0) is 4.74 Å². The molecule has 0 radical (unpaired) electrons. The molecule has 30 heavy (non-hydrogen) atoms. The number of methoxy groups -OCH3 is 1. The van der Waals surface area contributed by atoms with Crippen LogP contribution in [0.5, 0.6) is 0 Å². The number of hydrogen-bond acceptors (Lipinski definition) is 4. The Hall–Kier alpha value is -3.32. The maximum absolute atomic E-state index is 13.0. The zero-order chi connectivity index (χ0) is 21.1. The third-order valence-corrected chi connectivity index (χ3v) is 5.41. The molecule has 0 saturated carbocycles. The van der Waals surface area contributed by atoms with E-state index in [0.717, 1.165) is 34.9 Å². The summed E-state index contributed by atoms with van der Waals surface area (Å²) in [4.78, 5) is 6.45. The van der Waals surface area contributed by atoms with Crippen molar-refractivity contribution in [2.75, 3.05) is 12.0 Å². The molecule has 4 rings (SSSR count). The lowest BCUT2D eigenvalue weighted by molar-refractivity contribution is -0.124. The van der Waals surface area contributed by atoms with Crippen LogP contribution in [0, 0.1) is 0 Å². The van der Waals surface area contributed by atoms with Crippen molar-refractivity contribution >= 4 is 44.7 Å². The Morgan fingerprint density at radius 2 is 1.50 bits per heavy atom. The summed E-state index contributed by atoms with van der Waals surface area (Å²) in [5, 5.41) is 0.238. The van der Waals surface area contributed by atoms with Gasteiger partial charge in [-0.25, -0.2) is 4.98 Å². The van der Waals surface area contributed by atoms with E-state index in [1.165, 1.54) is 11.3 Å². The highest BCUT2D eigenvalue weighted by Crippen LogP contribution is 2.37. The minimum atomic E-state index is -4.56. The van der Waals surface area contributed by atoms with Gasteiger partial charge in [-0.15, -0.1) is 11.3 Å². The van der Waals surface area contributed by atoms with E-state index in [9.17, 15) is 13.2 Å². The predicted octanol–water partition coefficient (Wildman–Crippen LogP) is 7.32. The molecule has 3 aromatic carbocycles. The van der Waals surface area contributed by atoms with Crippen molar-refractivity contribution in [3.63, 3.8) is 0 Å². The second kappa shape index (κ2) is 8.20. The summed E-state index contributed by atoms with van der Waals surface area (Å²) in [6.07, 6.45) is -3.63. The SMILES string of the molecule is CO/C(=C\c1nc2cc(N(c3ccccc3)c3ccccc3)ccc2s1)C(F)(F)F. The van der Waals surface area contributed by atoms with Crippen molar-refractivity contribution < 1.29 is 17.9 Å². The number of fused-ring (bicyclic) bond motifs is 1. The van der Waals surface area contributed by atoms with E-state index < -0.39 is 11.9 Å². The summed E-state index contributed by atoms with van der Waals surface area (Å²) < 4.78 is 44.2. The maximum Gasteiger partial charge on any atom is 0.448 e. The minimum absolute atomic E-state index is 0.238. The number of benzene rings is 3. The van der Waals surface area contributed by atoms with Crippen LogP contribution in [0.3, 0.4) is 0 Å². The van der Waals surface area contributed by atoms with Crippen LogP contribution in [0.2, 0.25) is 0 Å². The fourth-order valence-corrected chi connectivity index (χ4v) is 3.98. The molecule has 0 aliphatic carbocycles. The Balaban J connectivity index is 1.79. The third kappa shape index (κ3) is 4.16. The topological polar surface area (TPSA) is 25.4 Å². The number of nitrogens with zero attached hydrogens (tertiary/aromatic N) is 2. The molecule has 0 amide bonds. The van der Waals surface area contributed by atoms with Gasteiger partial charge in [0.1, 0.15) is 5.01 Å². The molecule has 0 N–H and O–H groups in total. The third-order valence-electron chi connectivity index (χ3n) is 4.43. The number of aromatic nitrogens is 1. The first-order valence-corrected chi connectivity index (χ1v) is 9.91. The van der Waals surface area contributed by atoms with Crippen LogP contribution >= 0.6 is 11.3 Å². The highest BCUT2D eigenvalue weighted by molar-refractivity contribution is 7.19. The molecule has 0 atom stereocenters. The molecule has 0 aliphatic heterocycles. The number of anilines is 3. The maximum atomic E-state index is 13.0. The van der Waals surface area contributed by atoms with Crippen molar-refractivity contribution in [1.29, 1.82) is 0 Å².